The Balaban J connectivity index is 1.33. The molecule has 188 valence electrons. The number of rotatable bonds is 6. The second-order valence-corrected chi connectivity index (χ2v) is 10.1. The van der Waals surface area contributed by atoms with Crippen molar-refractivity contribution in [2.75, 3.05) is 12.4 Å². The van der Waals surface area contributed by atoms with Gasteiger partial charge in [-0.2, -0.15) is 10.1 Å². The lowest BCUT2D eigenvalue weighted by atomic mass is 9.98. The van der Waals surface area contributed by atoms with E-state index >= 15 is 0 Å². The number of hydrazone groups is 1. The van der Waals surface area contributed by atoms with Crippen molar-refractivity contribution < 1.29 is 18.7 Å². The van der Waals surface area contributed by atoms with Gasteiger partial charge in [0.05, 0.1) is 18.9 Å². The molecular weight excluding hydrogens is 515 g/mol. The number of hydrogen-bond donors (Lipinski definition) is 1. The van der Waals surface area contributed by atoms with Crippen molar-refractivity contribution in [1.82, 2.24) is 5.01 Å². The number of carbonyl (C=O) groups excluding carboxylic acids is 2. The first-order valence-electron chi connectivity index (χ1n) is 11.5. The molecule has 37 heavy (non-hydrogen) atoms. The number of carbonyl (C=O) groups is 2. The zero-order valence-electron chi connectivity index (χ0n) is 19.7. The van der Waals surface area contributed by atoms with E-state index in [2.05, 4.69) is 10.3 Å². The molecular formula is C27H22ClFN4O3S. The normalized spacial score (nSPS) is 19.0. The third kappa shape index (κ3) is 5.68. The number of amides is 2. The van der Waals surface area contributed by atoms with Gasteiger partial charge in [0.25, 0.3) is 5.91 Å². The largest absolute Gasteiger partial charge is 0.497 e. The summed E-state index contributed by atoms with van der Waals surface area (Å²) in [5.74, 6) is -0.336. The molecule has 0 saturated carbocycles. The van der Waals surface area contributed by atoms with E-state index in [1.54, 1.807) is 54.6 Å². The summed E-state index contributed by atoms with van der Waals surface area (Å²) in [5, 5.41) is 9.59. The fourth-order valence-corrected chi connectivity index (χ4v) is 5.40. The highest BCUT2D eigenvalue weighted by atomic mass is 35.5. The van der Waals surface area contributed by atoms with Gasteiger partial charge in [-0.1, -0.05) is 47.6 Å². The molecule has 5 rings (SSSR count). The van der Waals surface area contributed by atoms with Gasteiger partial charge in [0.1, 0.15) is 16.8 Å². The molecule has 0 aliphatic carbocycles. The quantitative estimate of drug-likeness (QED) is 0.439. The number of ether oxygens (including phenoxy) is 1. The summed E-state index contributed by atoms with van der Waals surface area (Å²) in [7, 11) is 1.57. The maximum atomic E-state index is 13.5. The van der Waals surface area contributed by atoms with E-state index < -0.39 is 5.25 Å². The Hall–Kier alpha value is -3.69. The molecule has 2 atom stereocenters. The molecule has 0 radical (unpaired) electrons. The van der Waals surface area contributed by atoms with Crippen molar-refractivity contribution in [2.45, 2.75) is 24.1 Å². The number of nitrogens with one attached hydrogen (secondary N) is 1. The van der Waals surface area contributed by atoms with Crippen molar-refractivity contribution in [2.24, 2.45) is 10.1 Å². The Labute approximate surface area is 222 Å². The number of thioether (sulfide) groups is 1. The van der Waals surface area contributed by atoms with Gasteiger partial charge in [0, 0.05) is 23.6 Å². The monoisotopic (exact) mass is 536 g/mol. The van der Waals surface area contributed by atoms with Crippen molar-refractivity contribution in [1.29, 1.82) is 0 Å². The van der Waals surface area contributed by atoms with E-state index in [1.807, 2.05) is 18.2 Å². The zero-order chi connectivity index (χ0) is 25.9. The lowest BCUT2D eigenvalue weighted by Gasteiger charge is -2.23. The van der Waals surface area contributed by atoms with Crippen LogP contribution in [0.4, 0.5) is 10.1 Å². The first kappa shape index (κ1) is 25.0. The third-order valence-corrected chi connectivity index (χ3v) is 7.37. The third-order valence-electron chi connectivity index (χ3n) is 5.99. The molecule has 2 heterocycles. The molecule has 3 aromatic rings. The zero-order valence-corrected chi connectivity index (χ0v) is 21.3. The molecule has 2 aliphatic heterocycles. The summed E-state index contributed by atoms with van der Waals surface area (Å²) in [5.41, 5.74) is 3.03. The summed E-state index contributed by atoms with van der Waals surface area (Å²) in [6.45, 7) is 0. The van der Waals surface area contributed by atoms with Crippen molar-refractivity contribution in [3.63, 3.8) is 0 Å². The van der Waals surface area contributed by atoms with Crippen LogP contribution >= 0.6 is 23.4 Å². The minimum absolute atomic E-state index is 0.0350. The van der Waals surface area contributed by atoms with E-state index in [9.17, 15) is 14.0 Å². The topological polar surface area (TPSA) is 83.4 Å². The summed E-state index contributed by atoms with van der Waals surface area (Å²) in [4.78, 5) is 29.6. The highest BCUT2D eigenvalue weighted by Gasteiger charge is 2.39. The Bertz CT molecular complexity index is 1400. The van der Waals surface area contributed by atoms with Gasteiger partial charge >= 0.3 is 0 Å². The SMILES string of the molecule is COc1ccc(NC(=O)C[C@@H]2SC(N3N=C(c4ccc(F)cc4)C[C@H]3c3cccc(Cl)c3)=NC2=O)cc1. The van der Waals surface area contributed by atoms with Gasteiger partial charge < -0.3 is 10.1 Å². The molecule has 0 fully saturated rings. The van der Waals surface area contributed by atoms with Crippen LogP contribution in [0.15, 0.2) is 82.9 Å². The Kier molecular flexibility index (Phi) is 7.25. The van der Waals surface area contributed by atoms with Gasteiger partial charge in [-0.05, 0) is 59.7 Å². The second kappa shape index (κ2) is 10.7. The average Bonchev–Trinajstić information content (AvgIpc) is 3.49. The van der Waals surface area contributed by atoms with Crippen LogP contribution in [-0.2, 0) is 9.59 Å². The molecule has 2 aliphatic rings. The average molecular weight is 537 g/mol. The number of amidine groups is 1. The second-order valence-electron chi connectivity index (χ2n) is 8.49. The number of halogens is 2. The number of aliphatic imine (C=N–C) groups is 1. The molecule has 2 amide bonds. The van der Waals surface area contributed by atoms with Crippen LogP contribution in [0.25, 0.3) is 0 Å². The Morgan fingerprint density at radius 3 is 2.62 bits per heavy atom. The van der Waals surface area contributed by atoms with Crippen LogP contribution in [0.2, 0.25) is 5.02 Å². The number of nitrogens with zero attached hydrogens (tertiary/aromatic N) is 3. The van der Waals surface area contributed by atoms with Crippen LogP contribution in [-0.4, -0.2) is 40.1 Å². The molecule has 0 bridgehead atoms. The fourth-order valence-electron chi connectivity index (χ4n) is 4.14. The summed E-state index contributed by atoms with van der Waals surface area (Å²) >= 11 is 7.46. The maximum Gasteiger partial charge on any atom is 0.262 e. The van der Waals surface area contributed by atoms with Crippen LogP contribution in [0.1, 0.15) is 30.0 Å². The van der Waals surface area contributed by atoms with Crippen molar-refractivity contribution >= 4 is 51.7 Å². The first-order valence-corrected chi connectivity index (χ1v) is 12.8. The number of anilines is 1. The summed E-state index contributed by atoms with van der Waals surface area (Å²) in [6.07, 6.45) is 0.481. The van der Waals surface area contributed by atoms with E-state index in [0.29, 0.717) is 28.0 Å². The lowest BCUT2D eigenvalue weighted by Crippen LogP contribution is -2.25. The minimum Gasteiger partial charge on any atom is -0.497 e. The van der Waals surface area contributed by atoms with Crippen LogP contribution in [0.3, 0.4) is 0 Å². The van der Waals surface area contributed by atoms with Crippen LogP contribution < -0.4 is 10.1 Å². The van der Waals surface area contributed by atoms with E-state index in [0.717, 1.165) is 16.8 Å². The predicted molar refractivity (Wildman–Crippen MR) is 144 cm³/mol. The van der Waals surface area contributed by atoms with Gasteiger partial charge in [0.2, 0.25) is 5.91 Å². The first-order chi connectivity index (χ1) is 17.9. The number of benzene rings is 3. The smallest absolute Gasteiger partial charge is 0.262 e. The highest BCUT2D eigenvalue weighted by Crippen LogP contribution is 2.39. The summed E-state index contributed by atoms with van der Waals surface area (Å²) < 4.78 is 18.6. The lowest BCUT2D eigenvalue weighted by molar-refractivity contribution is -0.121. The van der Waals surface area contributed by atoms with Gasteiger partial charge in [-0.25, -0.2) is 9.40 Å². The Morgan fingerprint density at radius 2 is 1.92 bits per heavy atom. The fraction of sp³-hybridized carbons (Fsp3) is 0.185. The van der Waals surface area contributed by atoms with Crippen LogP contribution in [0, 0.1) is 5.82 Å². The summed E-state index contributed by atoms with van der Waals surface area (Å²) in [6, 6.07) is 20.2. The maximum absolute atomic E-state index is 13.5. The minimum atomic E-state index is -0.668. The van der Waals surface area contributed by atoms with Gasteiger partial charge in [-0.15, -0.1) is 0 Å². The van der Waals surface area contributed by atoms with E-state index in [1.165, 1.54) is 23.9 Å². The molecule has 7 nitrogen and oxygen atoms in total. The van der Waals surface area contributed by atoms with Crippen molar-refractivity contribution in [3.8, 4) is 5.75 Å². The predicted octanol–water partition coefficient (Wildman–Crippen LogP) is 5.67. The number of methoxy groups -OCH3 is 1. The molecule has 0 saturated heterocycles. The van der Waals surface area contributed by atoms with Crippen LogP contribution in [0.5, 0.6) is 5.75 Å². The van der Waals surface area contributed by atoms with Gasteiger partial charge in [-0.3, -0.25) is 9.59 Å². The molecule has 1 N–H and O–H groups in total. The highest BCUT2D eigenvalue weighted by molar-refractivity contribution is 8.15. The molecule has 10 heteroatoms. The standard InChI is InChI=1S/C27H22ClFN4O3S/c1-36-21-11-9-20(10-12-21)30-25(34)15-24-26(35)31-27(37-24)33-23(17-3-2-4-18(28)13-17)14-22(32-33)16-5-7-19(29)8-6-16/h2-13,23-24H,14-15H2,1H3,(H,30,34)/t23-,24-/m0/s1. The molecule has 0 spiro atoms. The van der Waals surface area contributed by atoms with E-state index in [-0.39, 0.29) is 30.1 Å². The number of hydrogen-bond acceptors (Lipinski definition) is 6. The molecule has 0 aromatic heterocycles. The van der Waals surface area contributed by atoms with E-state index in [4.69, 9.17) is 21.4 Å². The van der Waals surface area contributed by atoms with Crippen molar-refractivity contribution in [3.05, 3.63) is 94.8 Å². The molecule has 0 unspecified atom stereocenters. The van der Waals surface area contributed by atoms with Gasteiger partial charge in [0.15, 0.2) is 5.17 Å². The molecule has 3 aromatic carbocycles. The Morgan fingerprint density at radius 1 is 1.16 bits per heavy atom.